The van der Waals surface area contributed by atoms with Crippen LogP contribution < -0.4 is 10.6 Å². The van der Waals surface area contributed by atoms with Crippen LogP contribution in [0.2, 0.25) is 0 Å². The zero-order chi connectivity index (χ0) is 15.9. The second kappa shape index (κ2) is 9.68. The van der Waals surface area contributed by atoms with Crippen LogP contribution in [0, 0.1) is 5.92 Å². The zero-order valence-electron chi connectivity index (χ0n) is 13.9. The molecule has 2 unspecified atom stereocenters. The second-order valence-electron chi connectivity index (χ2n) is 6.12. The van der Waals surface area contributed by atoms with Gasteiger partial charge in [-0.05, 0) is 37.4 Å². The van der Waals surface area contributed by atoms with Crippen LogP contribution in [0.15, 0.2) is 24.3 Å². The molecule has 1 aromatic carbocycles. The van der Waals surface area contributed by atoms with Crippen LogP contribution in [0.4, 0.5) is 0 Å². The molecule has 2 N–H and O–H groups in total. The topological polar surface area (TPSA) is 58.2 Å². The number of aryl methyl sites for hydroxylation is 1. The smallest absolute Gasteiger partial charge is 0.220 e. The first-order chi connectivity index (χ1) is 10.6. The lowest BCUT2D eigenvalue weighted by molar-refractivity contribution is -0.122. The molecule has 4 nitrogen and oxygen atoms in total. The Kier molecular flexibility index (Phi) is 8.28. The van der Waals surface area contributed by atoms with Crippen molar-refractivity contribution in [2.75, 3.05) is 13.1 Å². The Bertz CT molecular complexity index is 516. The second-order valence-corrected chi connectivity index (χ2v) is 6.12. The van der Waals surface area contributed by atoms with Gasteiger partial charge in [0.15, 0.2) is 5.78 Å². The summed E-state index contributed by atoms with van der Waals surface area (Å²) in [4.78, 5) is 24.1. The Morgan fingerprint density at radius 1 is 1.22 bits per heavy atom. The van der Waals surface area contributed by atoms with Gasteiger partial charge in [-0.25, -0.2) is 0 Å². The van der Waals surface area contributed by atoms with Crippen LogP contribution in [0.1, 0.15) is 49.0 Å². The minimum absolute atomic E-state index is 0. The number of ketones is 1. The Morgan fingerprint density at radius 2 is 1.91 bits per heavy atom. The molecule has 0 spiro atoms. The lowest BCUT2D eigenvalue weighted by Gasteiger charge is -2.30. The first-order valence-corrected chi connectivity index (χ1v) is 8.22. The van der Waals surface area contributed by atoms with Crippen molar-refractivity contribution < 1.29 is 9.59 Å². The van der Waals surface area contributed by atoms with Gasteiger partial charge in [0.2, 0.25) is 5.91 Å². The Hall–Kier alpha value is -1.39. The molecular formula is C18H27ClN2O2. The van der Waals surface area contributed by atoms with Gasteiger partial charge in [0.1, 0.15) is 0 Å². The highest BCUT2D eigenvalue weighted by atomic mass is 35.5. The number of amides is 1. The first-order valence-electron chi connectivity index (χ1n) is 8.22. The van der Waals surface area contributed by atoms with Gasteiger partial charge in [-0.3, -0.25) is 9.59 Å². The zero-order valence-corrected chi connectivity index (χ0v) is 14.7. The average molecular weight is 339 g/mol. The molecular weight excluding hydrogens is 312 g/mol. The van der Waals surface area contributed by atoms with Crippen molar-refractivity contribution in [2.24, 2.45) is 5.92 Å². The molecule has 128 valence electrons. The van der Waals surface area contributed by atoms with Crippen molar-refractivity contribution in [1.82, 2.24) is 10.6 Å². The molecule has 1 heterocycles. The SMILES string of the molecule is CCc1ccc(C(=O)CCC(=O)NC2CCNCC2C)cc1.Cl. The first kappa shape index (κ1) is 19.7. The third kappa shape index (κ3) is 5.96. The van der Waals surface area contributed by atoms with Crippen LogP contribution >= 0.6 is 12.4 Å². The molecule has 1 amide bonds. The molecule has 1 aliphatic rings. The largest absolute Gasteiger partial charge is 0.353 e. The number of hydrogen-bond acceptors (Lipinski definition) is 3. The standard InChI is InChI=1S/C18H26N2O2.ClH/c1-3-14-4-6-15(7-5-14)17(21)8-9-18(22)20-16-10-11-19-12-13(16)2;/h4-7,13,16,19H,3,8-12H2,1-2H3,(H,20,22);1H. The van der Waals surface area contributed by atoms with Gasteiger partial charge in [-0.1, -0.05) is 38.1 Å². The van der Waals surface area contributed by atoms with Crippen molar-refractivity contribution in [3.05, 3.63) is 35.4 Å². The third-order valence-corrected chi connectivity index (χ3v) is 4.39. The number of nitrogens with one attached hydrogen (secondary N) is 2. The number of halogens is 1. The molecule has 0 bridgehead atoms. The van der Waals surface area contributed by atoms with Crippen molar-refractivity contribution in [3.8, 4) is 0 Å². The average Bonchev–Trinajstić information content (AvgIpc) is 2.55. The van der Waals surface area contributed by atoms with Gasteiger partial charge >= 0.3 is 0 Å². The highest BCUT2D eigenvalue weighted by Crippen LogP contribution is 2.12. The van der Waals surface area contributed by atoms with E-state index in [1.165, 1.54) is 5.56 Å². The minimum Gasteiger partial charge on any atom is -0.353 e. The maximum absolute atomic E-state index is 12.1. The van der Waals surface area contributed by atoms with E-state index in [4.69, 9.17) is 0 Å². The fraction of sp³-hybridized carbons (Fsp3) is 0.556. The number of piperidine rings is 1. The van der Waals surface area contributed by atoms with E-state index in [2.05, 4.69) is 24.5 Å². The number of rotatable bonds is 6. The molecule has 1 aromatic rings. The van der Waals surface area contributed by atoms with Crippen molar-refractivity contribution >= 4 is 24.1 Å². The van der Waals surface area contributed by atoms with Crippen LogP contribution in [0.3, 0.4) is 0 Å². The summed E-state index contributed by atoms with van der Waals surface area (Å²) in [7, 11) is 0. The van der Waals surface area contributed by atoms with Gasteiger partial charge < -0.3 is 10.6 Å². The van der Waals surface area contributed by atoms with E-state index < -0.39 is 0 Å². The fourth-order valence-electron chi connectivity index (χ4n) is 2.81. The minimum atomic E-state index is -0.0164. The molecule has 2 atom stereocenters. The monoisotopic (exact) mass is 338 g/mol. The lowest BCUT2D eigenvalue weighted by Crippen LogP contribution is -2.48. The van der Waals surface area contributed by atoms with Crippen molar-refractivity contribution in [3.63, 3.8) is 0 Å². The van der Waals surface area contributed by atoms with E-state index >= 15 is 0 Å². The summed E-state index contributed by atoms with van der Waals surface area (Å²) in [5.74, 6) is 0.462. The molecule has 0 aliphatic carbocycles. The predicted octanol–water partition coefficient (Wildman–Crippen LogP) is 2.75. The summed E-state index contributed by atoms with van der Waals surface area (Å²) in [6.45, 7) is 6.10. The molecule has 0 radical (unpaired) electrons. The van der Waals surface area contributed by atoms with Gasteiger partial charge in [-0.15, -0.1) is 12.4 Å². The quantitative estimate of drug-likeness (QED) is 0.784. The van der Waals surface area contributed by atoms with E-state index in [-0.39, 0.29) is 43.0 Å². The molecule has 1 fully saturated rings. The molecule has 23 heavy (non-hydrogen) atoms. The van der Waals surface area contributed by atoms with Gasteiger partial charge in [0.25, 0.3) is 0 Å². The summed E-state index contributed by atoms with van der Waals surface area (Å²) in [5, 5.41) is 6.38. The van der Waals surface area contributed by atoms with Crippen LogP contribution in [0.5, 0.6) is 0 Å². The van der Waals surface area contributed by atoms with Crippen molar-refractivity contribution in [2.45, 2.75) is 45.6 Å². The number of hydrogen-bond donors (Lipinski definition) is 2. The van der Waals surface area contributed by atoms with E-state index in [0.717, 1.165) is 25.9 Å². The summed E-state index contributed by atoms with van der Waals surface area (Å²) >= 11 is 0. The molecule has 1 saturated heterocycles. The van der Waals surface area contributed by atoms with Gasteiger partial charge in [0.05, 0.1) is 0 Å². The number of benzene rings is 1. The van der Waals surface area contributed by atoms with E-state index in [1.807, 2.05) is 24.3 Å². The van der Waals surface area contributed by atoms with Crippen molar-refractivity contribution in [1.29, 1.82) is 0 Å². The highest BCUT2D eigenvalue weighted by Gasteiger charge is 2.22. The van der Waals surface area contributed by atoms with E-state index in [1.54, 1.807) is 0 Å². The van der Waals surface area contributed by atoms with E-state index in [0.29, 0.717) is 11.5 Å². The molecule has 2 rings (SSSR count). The summed E-state index contributed by atoms with van der Waals surface area (Å²) in [6.07, 6.45) is 2.46. The number of carbonyl (C=O) groups is 2. The number of carbonyl (C=O) groups excluding carboxylic acids is 2. The Morgan fingerprint density at radius 3 is 2.52 bits per heavy atom. The maximum atomic E-state index is 12.1. The van der Waals surface area contributed by atoms with Crippen LogP contribution in [0.25, 0.3) is 0 Å². The molecule has 0 saturated carbocycles. The Labute approximate surface area is 144 Å². The fourth-order valence-corrected chi connectivity index (χ4v) is 2.81. The molecule has 5 heteroatoms. The van der Waals surface area contributed by atoms with Crippen LogP contribution in [-0.4, -0.2) is 30.8 Å². The number of Topliss-reactive ketones (excluding diaryl/α,β-unsaturated/α-hetero) is 1. The Balaban J connectivity index is 0.00000264. The highest BCUT2D eigenvalue weighted by molar-refractivity contribution is 5.98. The summed E-state index contributed by atoms with van der Waals surface area (Å²) in [6, 6.07) is 7.89. The molecule has 0 aromatic heterocycles. The summed E-state index contributed by atoms with van der Waals surface area (Å²) in [5.41, 5.74) is 1.91. The molecule has 1 aliphatic heterocycles. The normalized spacial score (nSPS) is 20.4. The van der Waals surface area contributed by atoms with Crippen LogP contribution in [-0.2, 0) is 11.2 Å². The lowest BCUT2D eigenvalue weighted by atomic mass is 9.95. The third-order valence-electron chi connectivity index (χ3n) is 4.39. The summed E-state index contributed by atoms with van der Waals surface area (Å²) < 4.78 is 0. The van der Waals surface area contributed by atoms with Gasteiger partial charge in [-0.2, -0.15) is 0 Å². The predicted molar refractivity (Wildman–Crippen MR) is 95.2 cm³/mol. The maximum Gasteiger partial charge on any atom is 0.220 e. The van der Waals surface area contributed by atoms with E-state index in [9.17, 15) is 9.59 Å². The van der Waals surface area contributed by atoms with Gasteiger partial charge in [0, 0.05) is 24.4 Å².